The molecule has 0 bridgehead atoms. The van der Waals surface area contributed by atoms with Crippen LogP contribution in [0.4, 0.5) is 4.39 Å². The van der Waals surface area contributed by atoms with Crippen LogP contribution in [0.15, 0.2) is 36.5 Å². The Hall–Kier alpha value is -1.92. The van der Waals surface area contributed by atoms with E-state index in [4.69, 9.17) is 16.9 Å². The Morgan fingerprint density at radius 1 is 1.29 bits per heavy atom. The third-order valence-corrected chi connectivity index (χ3v) is 2.55. The van der Waals surface area contributed by atoms with Crippen molar-refractivity contribution in [2.75, 3.05) is 0 Å². The van der Waals surface area contributed by atoms with E-state index in [0.717, 1.165) is 11.1 Å². The molecule has 84 valence electrons. The van der Waals surface area contributed by atoms with Crippen molar-refractivity contribution in [3.63, 3.8) is 0 Å². The molecule has 4 heteroatoms. The highest BCUT2D eigenvalue weighted by molar-refractivity contribution is 6.30. The highest BCUT2D eigenvalue weighted by atomic mass is 35.5. The molecule has 0 aliphatic carbocycles. The molecule has 0 aliphatic heterocycles. The molecule has 2 rings (SSSR count). The summed E-state index contributed by atoms with van der Waals surface area (Å²) in [4.78, 5) is 4.12. The maximum atomic E-state index is 12.8. The molecule has 2 nitrogen and oxygen atoms in total. The summed E-state index contributed by atoms with van der Waals surface area (Å²) in [5.41, 5.74) is 2.20. The van der Waals surface area contributed by atoms with Gasteiger partial charge in [0.25, 0.3) is 0 Å². The summed E-state index contributed by atoms with van der Waals surface area (Å²) >= 11 is 5.88. The first-order chi connectivity index (χ1) is 8.20. The fourth-order valence-corrected chi connectivity index (χ4v) is 1.72. The Balaban J connectivity index is 2.53. The van der Waals surface area contributed by atoms with Crippen LogP contribution in [-0.4, -0.2) is 4.98 Å². The number of nitrogens with zero attached hydrogens (tertiary/aromatic N) is 2. The molecule has 0 fully saturated rings. The number of hydrogen-bond donors (Lipinski definition) is 0. The van der Waals surface area contributed by atoms with Crippen LogP contribution < -0.4 is 0 Å². The second-order valence-electron chi connectivity index (χ2n) is 3.49. The summed E-state index contributed by atoms with van der Waals surface area (Å²) in [5.74, 6) is -0.300. The third kappa shape index (κ3) is 2.61. The molecule has 0 radical (unpaired) electrons. The van der Waals surface area contributed by atoms with E-state index in [2.05, 4.69) is 4.98 Å². The van der Waals surface area contributed by atoms with Crippen LogP contribution in [0.5, 0.6) is 0 Å². The van der Waals surface area contributed by atoms with E-state index in [1.54, 1.807) is 18.2 Å². The van der Waals surface area contributed by atoms with Gasteiger partial charge in [-0.2, -0.15) is 5.26 Å². The molecule has 0 saturated heterocycles. The predicted octanol–water partition coefficient (Wildman–Crippen LogP) is 3.61. The standard InChI is InChI=1S/C13H8ClFN2/c14-10-7-12(13(5-6-16)17-8-10)9-1-3-11(15)4-2-9/h1-4,7-8H,5H2. The number of halogens is 2. The lowest BCUT2D eigenvalue weighted by atomic mass is 10.0. The maximum absolute atomic E-state index is 12.8. The summed E-state index contributed by atoms with van der Waals surface area (Å²) in [6, 6.07) is 9.80. The smallest absolute Gasteiger partial charge is 0.123 e. The Morgan fingerprint density at radius 2 is 2.00 bits per heavy atom. The Labute approximate surface area is 103 Å². The van der Waals surface area contributed by atoms with Gasteiger partial charge < -0.3 is 0 Å². The molecular formula is C13H8ClFN2. The highest BCUT2D eigenvalue weighted by Gasteiger charge is 2.07. The minimum absolute atomic E-state index is 0.198. The van der Waals surface area contributed by atoms with Gasteiger partial charge in [-0.3, -0.25) is 4.98 Å². The normalized spacial score (nSPS) is 9.94. The van der Waals surface area contributed by atoms with E-state index in [1.165, 1.54) is 18.3 Å². The third-order valence-electron chi connectivity index (χ3n) is 2.34. The fraction of sp³-hybridized carbons (Fsp3) is 0.0769. The van der Waals surface area contributed by atoms with Gasteiger partial charge in [0.05, 0.1) is 23.2 Å². The molecule has 0 aliphatic rings. The number of pyridine rings is 1. The quantitative estimate of drug-likeness (QED) is 0.812. The lowest BCUT2D eigenvalue weighted by molar-refractivity contribution is 0.628. The largest absolute Gasteiger partial charge is 0.258 e. The van der Waals surface area contributed by atoms with Crippen molar-refractivity contribution in [3.05, 3.63) is 53.1 Å². The van der Waals surface area contributed by atoms with Gasteiger partial charge in [-0.25, -0.2) is 4.39 Å². The Bertz CT molecular complexity index is 573. The molecule has 0 atom stereocenters. The highest BCUT2D eigenvalue weighted by Crippen LogP contribution is 2.25. The molecule has 2 aromatic rings. The van der Waals surface area contributed by atoms with Crippen LogP contribution >= 0.6 is 11.6 Å². The van der Waals surface area contributed by atoms with E-state index >= 15 is 0 Å². The first-order valence-corrected chi connectivity index (χ1v) is 5.36. The first kappa shape index (κ1) is 11.6. The Morgan fingerprint density at radius 3 is 2.65 bits per heavy atom. The molecule has 0 saturated carbocycles. The minimum Gasteiger partial charge on any atom is -0.258 e. The zero-order chi connectivity index (χ0) is 12.3. The molecule has 17 heavy (non-hydrogen) atoms. The zero-order valence-corrected chi connectivity index (χ0v) is 9.58. The predicted molar refractivity (Wildman–Crippen MR) is 64.0 cm³/mol. The minimum atomic E-state index is -0.300. The Kier molecular flexibility index (Phi) is 3.36. The van der Waals surface area contributed by atoms with E-state index in [1.807, 2.05) is 6.07 Å². The lowest BCUT2D eigenvalue weighted by Gasteiger charge is -2.06. The van der Waals surface area contributed by atoms with E-state index in [9.17, 15) is 4.39 Å². The van der Waals surface area contributed by atoms with Crippen molar-refractivity contribution >= 4 is 11.6 Å². The summed E-state index contributed by atoms with van der Waals surface area (Å²) in [6.45, 7) is 0. The van der Waals surface area contributed by atoms with Crippen LogP contribution in [0.25, 0.3) is 11.1 Å². The first-order valence-electron chi connectivity index (χ1n) is 4.98. The van der Waals surface area contributed by atoms with Gasteiger partial charge in [-0.15, -0.1) is 0 Å². The molecule has 1 heterocycles. The lowest BCUT2D eigenvalue weighted by Crippen LogP contribution is -1.93. The summed E-state index contributed by atoms with van der Waals surface area (Å²) < 4.78 is 12.8. The van der Waals surface area contributed by atoms with E-state index < -0.39 is 0 Å². The van der Waals surface area contributed by atoms with Crippen LogP contribution in [0.1, 0.15) is 5.69 Å². The monoisotopic (exact) mass is 246 g/mol. The van der Waals surface area contributed by atoms with Gasteiger partial charge >= 0.3 is 0 Å². The second-order valence-corrected chi connectivity index (χ2v) is 3.93. The maximum Gasteiger partial charge on any atom is 0.123 e. The number of hydrogen-bond acceptors (Lipinski definition) is 2. The number of aromatic nitrogens is 1. The van der Waals surface area contributed by atoms with E-state index in [0.29, 0.717) is 10.7 Å². The number of benzene rings is 1. The van der Waals surface area contributed by atoms with Gasteiger partial charge in [0.15, 0.2) is 0 Å². The van der Waals surface area contributed by atoms with Crippen molar-refractivity contribution in [1.29, 1.82) is 5.26 Å². The molecule has 1 aromatic heterocycles. The molecule has 0 unspecified atom stereocenters. The zero-order valence-electron chi connectivity index (χ0n) is 8.82. The van der Waals surface area contributed by atoms with Crippen LogP contribution in [0.2, 0.25) is 5.02 Å². The average molecular weight is 247 g/mol. The van der Waals surface area contributed by atoms with Crippen molar-refractivity contribution in [2.45, 2.75) is 6.42 Å². The number of nitriles is 1. The van der Waals surface area contributed by atoms with Crippen LogP contribution in [0.3, 0.4) is 0 Å². The molecular weight excluding hydrogens is 239 g/mol. The van der Waals surface area contributed by atoms with Crippen molar-refractivity contribution < 1.29 is 4.39 Å². The summed E-state index contributed by atoms with van der Waals surface area (Å²) in [5, 5.41) is 9.21. The van der Waals surface area contributed by atoms with Gasteiger partial charge in [0.2, 0.25) is 0 Å². The van der Waals surface area contributed by atoms with Gasteiger partial charge in [-0.05, 0) is 23.8 Å². The SMILES string of the molecule is N#CCc1ncc(Cl)cc1-c1ccc(F)cc1. The molecule has 0 spiro atoms. The second kappa shape index (κ2) is 4.94. The topological polar surface area (TPSA) is 36.7 Å². The molecule has 1 aromatic carbocycles. The molecule has 0 N–H and O–H groups in total. The molecule has 0 amide bonds. The number of rotatable bonds is 2. The fourth-order valence-electron chi connectivity index (χ4n) is 1.56. The summed E-state index contributed by atoms with van der Waals surface area (Å²) in [6.07, 6.45) is 1.70. The van der Waals surface area contributed by atoms with Crippen molar-refractivity contribution in [2.24, 2.45) is 0 Å². The summed E-state index contributed by atoms with van der Waals surface area (Å²) in [7, 11) is 0. The van der Waals surface area contributed by atoms with Gasteiger partial charge in [0, 0.05) is 11.8 Å². The van der Waals surface area contributed by atoms with Crippen LogP contribution in [0, 0.1) is 17.1 Å². The van der Waals surface area contributed by atoms with Crippen molar-refractivity contribution in [1.82, 2.24) is 4.98 Å². The van der Waals surface area contributed by atoms with Gasteiger partial charge in [-0.1, -0.05) is 23.7 Å². The van der Waals surface area contributed by atoms with Crippen molar-refractivity contribution in [3.8, 4) is 17.2 Å². The van der Waals surface area contributed by atoms with Gasteiger partial charge in [0.1, 0.15) is 5.82 Å². The van der Waals surface area contributed by atoms with E-state index in [-0.39, 0.29) is 12.2 Å². The average Bonchev–Trinajstić information content (AvgIpc) is 2.33. The van der Waals surface area contributed by atoms with Crippen LogP contribution in [-0.2, 0) is 6.42 Å².